The lowest BCUT2D eigenvalue weighted by molar-refractivity contribution is 0.0691. The lowest BCUT2D eigenvalue weighted by Crippen LogP contribution is -2.05. The van der Waals surface area contributed by atoms with Gasteiger partial charge in [-0.25, -0.2) is 9.78 Å². The van der Waals surface area contributed by atoms with E-state index in [1.807, 2.05) is 6.92 Å². The van der Waals surface area contributed by atoms with Gasteiger partial charge in [-0.2, -0.15) is 0 Å². The van der Waals surface area contributed by atoms with E-state index in [9.17, 15) is 9.90 Å². The summed E-state index contributed by atoms with van der Waals surface area (Å²) in [5, 5.41) is 10.4. The molecule has 0 spiro atoms. The number of aromatic carboxylic acids is 1. The lowest BCUT2D eigenvalue weighted by atomic mass is 10.2. The zero-order valence-corrected chi connectivity index (χ0v) is 12.4. The van der Waals surface area contributed by atoms with Gasteiger partial charge in [0.2, 0.25) is 0 Å². The van der Waals surface area contributed by atoms with Gasteiger partial charge in [-0.1, -0.05) is 11.6 Å². The molecule has 2 rings (SSSR count). The van der Waals surface area contributed by atoms with E-state index in [-0.39, 0.29) is 28.7 Å². The lowest BCUT2D eigenvalue weighted by Gasteiger charge is -2.13. The van der Waals surface area contributed by atoms with E-state index < -0.39 is 5.97 Å². The molecule has 0 fully saturated rings. The third-order valence-corrected chi connectivity index (χ3v) is 3.60. The van der Waals surface area contributed by atoms with Crippen molar-refractivity contribution in [2.75, 3.05) is 7.11 Å². The molecule has 0 atom stereocenters. The highest BCUT2D eigenvalue weighted by Crippen LogP contribution is 2.35. The van der Waals surface area contributed by atoms with E-state index in [0.717, 1.165) is 9.88 Å². The molecule has 1 aromatic heterocycles. The molecule has 0 aliphatic heterocycles. The van der Waals surface area contributed by atoms with Crippen LogP contribution in [0.15, 0.2) is 18.3 Å². The van der Waals surface area contributed by atoms with Gasteiger partial charge in [-0.05, 0) is 13.0 Å². The molecule has 106 valence electrons. The molecular formula is C13H12ClNO4S. The Labute approximate surface area is 124 Å². The summed E-state index contributed by atoms with van der Waals surface area (Å²) in [4.78, 5) is 16.3. The molecule has 0 aliphatic rings. The Morgan fingerprint density at radius 3 is 2.80 bits per heavy atom. The van der Waals surface area contributed by atoms with Crippen LogP contribution in [-0.4, -0.2) is 23.2 Å². The number of carbonyl (C=O) groups is 1. The largest absolute Gasteiger partial charge is 0.493 e. The average Bonchev–Trinajstić information content (AvgIpc) is 2.81. The first kappa shape index (κ1) is 14.6. The first-order chi connectivity index (χ1) is 9.51. The van der Waals surface area contributed by atoms with Gasteiger partial charge in [0.25, 0.3) is 0 Å². The van der Waals surface area contributed by atoms with Crippen LogP contribution in [0, 0.1) is 6.92 Å². The van der Waals surface area contributed by atoms with Crippen molar-refractivity contribution in [1.29, 1.82) is 0 Å². The summed E-state index contributed by atoms with van der Waals surface area (Å²) in [5.41, 5.74) is -0.0319. The molecule has 0 aliphatic carbocycles. The molecule has 2 aromatic rings. The zero-order chi connectivity index (χ0) is 14.7. The Kier molecular flexibility index (Phi) is 4.46. The number of halogens is 1. The number of rotatable bonds is 5. The number of carboxylic acid groups (broad SMARTS) is 1. The van der Waals surface area contributed by atoms with E-state index in [4.69, 9.17) is 21.1 Å². The number of aromatic nitrogens is 1. The number of carboxylic acids is 1. The Hall–Kier alpha value is -1.79. The molecule has 0 radical (unpaired) electrons. The fourth-order valence-electron chi connectivity index (χ4n) is 1.64. The number of hydrogen-bond acceptors (Lipinski definition) is 5. The second-order valence-electron chi connectivity index (χ2n) is 3.92. The van der Waals surface area contributed by atoms with Gasteiger partial charge in [0.1, 0.15) is 12.2 Å². The summed E-state index contributed by atoms with van der Waals surface area (Å²) in [6.07, 6.45) is 1.70. The highest BCUT2D eigenvalue weighted by atomic mass is 35.5. The number of ether oxygens (including phenoxy) is 2. The molecular weight excluding hydrogens is 302 g/mol. The molecule has 0 saturated carbocycles. The molecule has 0 unspecified atom stereocenters. The van der Waals surface area contributed by atoms with Gasteiger partial charge in [0, 0.05) is 17.3 Å². The number of aryl methyl sites for hydroxylation is 1. The minimum absolute atomic E-state index is 0.0319. The molecule has 0 saturated heterocycles. The summed E-state index contributed by atoms with van der Waals surface area (Å²) in [7, 11) is 1.43. The summed E-state index contributed by atoms with van der Waals surface area (Å²) < 4.78 is 10.7. The van der Waals surface area contributed by atoms with Crippen molar-refractivity contribution in [3.8, 4) is 11.5 Å². The number of hydrogen-bond donors (Lipinski definition) is 1. The van der Waals surface area contributed by atoms with Crippen molar-refractivity contribution >= 4 is 28.9 Å². The molecule has 20 heavy (non-hydrogen) atoms. The fourth-order valence-corrected chi connectivity index (χ4v) is 2.56. The van der Waals surface area contributed by atoms with Crippen LogP contribution in [0.25, 0.3) is 0 Å². The Bertz CT molecular complexity index is 641. The predicted octanol–water partition coefficient (Wildman–Crippen LogP) is 3.39. The minimum atomic E-state index is -1.12. The van der Waals surface area contributed by atoms with Crippen molar-refractivity contribution < 1.29 is 19.4 Å². The monoisotopic (exact) mass is 313 g/mol. The van der Waals surface area contributed by atoms with E-state index in [2.05, 4.69) is 4.98 Å². The molecule has 7 heteroatoms. The van der Waals surface area contributed by atoms with Crippen LogP contribution in [0.3, 0.4) is 0 Å². The quantitative estimate of drug-likeness (QED) is 0.916. The molecule has 0 amide bonds. The number of benzene rings is 1. The molecule has 1 aromatic carbocycles. The van der Waals surface area contributed by atoms with E-state index in [0.29, 0.717) is 0 Å². The number of nitrogens with zero attached hydrogens (tertiary/aromatic N) is 1. The second kappa shape index (κ2) is 6.11. The smallest absolute Gasteiger partial charge is 0.339 e. The topological polar surface area (TPSA) is 68.7 Å². The van der Waals surface area contributed by atoms with Crippen molar-refractivity contribution in [2.45, 2.75) is 13.5 Å². The van der Waals surface area contributed by atoms with Crippen molar-refractivity contribution in [3.05, 3.63) is 38.8 Å². The first-order valence-electron chi connectivity index (χ1n) is 5.66. The van der Waals surface area contributed by atoms with Gasteiger partial charge >= 0.3 is 5.97 Å². The van der Waals surface area contributed by atoms with Crippen LogP contribution in [0.5, 0.6) is 11.5 Å². The van der Waals surface area contributed by atoms with Crippen molar-refractivity contribution in [2.24, 2.45) is 0 Å². The Morgan fingerprint density at radius 1 is 1.50 bits per heavy atom. The van der Waals surface area contributed by atoms with Crippen LogP contribution in [-0.2, 0) is 6.61 Å². The summed E-state index contributed by atoms with van der Waals surface area (Å²) in [5.74, 6) is -0.673. The summed E-state index contributed by atoms with van der Waals surface area (Å²) >= 11 is 7.35. The first-order valence-corrected chi connectivity index (χ1v) is 6.85. The minimum Gasteiger partial charge on any atom is -0.493 e. The maximum absolute atomic E-state index is 11.3. The molecule has 0 bridgehead atoms. The number of methoxy groups -OCH3 is 1. The third kappa shape index (κ3) is 3.20. The zero-order valence-electron chi connectivity index (χ0n) is 10.8. The van der Waals surface area contributed by atoms with Crippen LogP contribution in [0.1, 0.15) is 20.2 Å². The van der Waals surface area contributed by atoms with Crippen LogP contribution in [0.2, 0.25) is 5.02 Å². The van der Waals surface area contributed by atoms with Gasteiger partial charge in [0.05, 0.1) is 17.0 Å². The van der Waals surface area contributed by atoms with Crippen molar-refractivity contribution in [3.63, 3.8) is 0 Å². The maximum atomic E-state index is 11.3. The van der Waals surface area contributed by atoms with E-state index in [1.165, 1.54) is 30.6 Å². The van der Waals surface area contributed by atoms with Crippen LogP contribution < -0.4 is 9.47 Å². The Balaban J connectivity index is 2.31. The highest BCUT2D eigenvalue weighted by Gasteiger charge is 2.18. The van der Waals surface area contributed by atoms with E-state index >= 15 is 0 Å². The normalized spacial score (nSPS) is 10.3. The molecule has 5 nitrogen and oxygen atoms in total. The van der Waals surface area contributed by atoms with E-state index in [1.54, 1.807) is 6.20 Å². The molecule has 1 heterocycles. The summed E-state index contributed by atoms with van der Waals surface area (Å²) in [6.45, 7) is 2.11. The Morgan fingerprint density at radius 2 is 2.25 bits per heavy atom. The van der Waals surface area contributed by atoms with Gasteiger partial charge in [-0.15, -0.1) is 11.3 Å². The SMILES string of the molecule is COc1cc(Cl)cc(C(=O)O)c1OCc1cnc(C)s1. The van der Waals surface area contributed by atoms with Crippen LogP contribution in [0.4, 0.5) is 0 Å². The fraction of sp³-hybridized carbons (Fsp3) is 0.231. The van der Waals surface area contributed by atoms with Crippen LogP contribution >= 0.6 is 22.9 Å². The maximum Gasteiger partial charge on any atom is 0.339 e. The predicted molar refractivity (Wildman–Crippen MR) is 76.1 cm³/mol. The molecule has 1 N–H and O–H groups in total. The highest BCUT2D eigenvalue weighted by molar-refractivity contribution is 7.11. The van der Waals surface area contributed by atoms with Gasteiger partial charge in [0.15, 0.2) is 11.5 Å². The summed E-state index contributed by atoms with van der Waals surface area (Å²) in [6, 6.07) is 2.85. The standard InChI is InChI=1S/C13H12ClNO4S/c1-7-15-5-9(20-7)6-19-12-10(13(16)17)3-8(14)4-11(12)18-2/h3-5H,6H2,1-2H3,(H,16,17). The number of thiazole rings is 1. The average molecular weight is 314 g/mol. The second-order valence-corrected chi connectivity index (χ2v) is 5.68. The third-order valence-electron chi connectivity index (χ3n) is 2.50. The van der Waals surface area contributed by atoms with Gasteiger partial charge < -0.3 is 14.6 Å². The van der Waals surface area contributed by atoms with Crippen molar-refractivity contribution in [1.82, 2.24) is 4.98 Å². The van der Waals surface area contributed by atoms with Gasteiger partial charge in [-0.3, -0.25) is 0 Å².